The first-order chi connectivity index (χ1) is 16.5. The van der Waals surface area contributed by atoms with Gasteiger partial charge in [-0.3, -0.25) is 14.6 Å². The molecule has 0 bridgehead atoms. The van der Waals surface area contributed by atoms with Crippen LogP contribution in [0.5, 0.6) is 5.75 Å². The molecule has 3 N–H and O–H groups in total. The Morgan fingerprint density at radius 2 is 1.94 bits per heavy atom. The van der Waals surface area contributed by atoms with Gasteiger partial charge in [0.1, 0.15) is 17.3 Å². The molecular weight excluding hydrogens is 490 g/mol. The van der Waals surface area contributed by atoms with Crippen molar-refractivity contribution >= 4 is 23.4 Å². The Kier molecular flexibility index (Phi) is 6.42. The van der Waals surface area contributed by atoms with Crippen molar-refractivity contribution in [3.63, 3.8) is 0 Å². The highest BCUT2D eigenvalue weighted by molar-refractivity contribution is 6.30. The maximum atomic E-state index is 14.5. The number of nitrogens with two attached hydrogens (primary N) is 1. The Bertz CT molecular complexity index is 1330. The molecule has 182 valence electrons. The Balaban J connectivity index is 1.81. The Morgan fingerprint density at radius 3 is 2.60 bits per heavy atom. The first kappa shape index (κ1) is 24.5. The van der Waals surface area contributed by atoms with Crippen LogP contribution >= 0.6 is 11.6 Å². The second-order valence-electron chi connectivity index (χ2n) is 8.05. The highest BCUT2D eigenvalue weighted by Gasteiger charge is 2.36. The van der Waals surface area contributed by atoms with Crippen LogP contribution in [0.3, 0.4) is 0 Å². The molecule has 0 fully saturated rings. The van der Waals surface area contributed by atoms with E-state index in [0.29, 0.717) is 23.3 Å². The monoisotopic (exact) mass is 507 g/mol. The fourth-order valence-electron chi connectivity index (χ4n) is 4.28. The molecule has 1 atom stereocenters. The fraction of sp³-hybridized carbons (Fsp3) is 0.208. The van der Waals surface area contributed by atoms with E-state index in [-0.39, 0.29) is 35.7 Å². The summed E-state index contributed by atoms with van der Waals surface area (Å²) in [7, 11) is 0. The average Bonchev–Trinajstić information content (AvgIpc) is 3.20. The highest BCUT2D eigenvalue weighted by atomic mass is 35.5. The molecule has 0 saturated carbocycles. The number of alkyl halides is 3. The first-order valence-corrected chi connectivity index (χ1v) is 10.8. The van der Waals surface area contributed by atoms with E-state index in [0.717, 1.165) is 12.1 Å². The number of amides is 2. The van der Waals surface area contributed by atoms with Crippen LogP contribution in [0.2, 0.25) is 5.02 Å². The average molecular weight is 508 g/mol. The van der Waals surface area contributed by atoms with Crippen molar-refractivity contribution in [2.75, 3.05) is 0 Å². The zero-order valence-corrected chi connectivity index (χ0v) is 18.7. The molecule has 2 aromatic carbocycles. The van der Waals surface area contributed by atoms with Crippen molar-refractivity contribution in [1.82, 2.24) is 9.88 Å². The lowest BCUT2D eigenvalue weighted by Gasteiger charge is -2.31. The number of aromatic nitrogens is 1. The molecule has 3 aromatic rings. The third-order valence-electron chi connectivity index (χ3n) is 5.88. The van der Waals surface area contributed by atoms with Crippen LogP contribution in [0, 0.1) is 5.82 Å². The Morgan fingerprint density at radius 1 is 1.20 bits per heavy atom. The number of pyridine rings is 1. The van der Waals surface area contributed by atoms with Gasteiger partial charge in [0.05, 0.1) is 17.2 Å². The van der Waals surface area contributed by atoms with Crippen molar-refractivity contribution in [2.45, 2.75) is 31.6 Å². The largest absolute Gasteiger partial charge is 0.507 e. The van der Waals surface area contributed by atoms with Crippen LogP contribution in [-0.4, -0.2) is 26.8 Å². The third kappa shape index (κ3) is 4.79. The van der Waals surface area contributed by atoms with Gasteiger partial charge in [-0.2, -0.15) is 13.2 Å². The molecule has 4 rings (SSSR count). The number of phenolic OH excluding ortho intramolecular Hbond substituents is 1. The van der Waals surface area contributed by atoms with Gasteiger partial charge in [-0.25, -0.2) is 4.39 Å². The molecule has 1 aromatic heterocycles. The van der Waals surface area contributed by atoms with Gasteiger partial charge in [0.2, 0.25) is 0 Å². The summed E-state index contributed by atoms with van der Waals surface area (Å²) in [5, 5.41) is 10.4. The van der Waals surface area contributed by atoms with Crippen molar-refractivity contribution in [2.24, 2.45) is 5.73 Å². The van der Waals surface area contributed by atoms with Gasteiger partial charge >= 0.3 is 6.18 Å². The molecule has 1 aliphatic rings. The van der Waals surface area contributed by atoms with Crippen molar-refractivity contribution in [1.29, 1.82) is 0 Å². The number of carbonyl (C=O) groups is 2. The standard InChI is InChI=1S/C24H18ClF4N3O3/c25-14-9-17-15(18(26)10-14)5-6-19(17)32(11-12-2-1-7-31-21(12)22(30)34)23(35)16-4-3-13(8-20(16)33)24(27,28)29/h1-4,7-10,19,33H,5-6,11H2,(H2,30,34)/t19-/m1/s1. The van der Waals surface area contributed by atoms with E-state index >= 15 is 0 Å². The van der Waals surface area contributed by atoms with Crippen LogP contribution in [0.1, 0.15) is 55.6 Å². The number of fused-ring (bicyclic) bond motifs is 1. The molecule has 0 unspecified atom stereocenters. The summed E-state index contributed by atoms with van der Waals surface area (Å²) >= 11 is 6.05. The number of rotatable bonds is 5. The minimum absolute atomic E-state index is 0.0996. The lowest BCUT2D eigenvalue weighted by molar-refractivity contribution is -0.137. The molecule has 0 radical (unpaired) electrons. The minimum Gasteiger partial charge on any atom is -0.507 e. The summed E-state index contributed by atoms with van der Waals surface area (Å²) < 4.78 is 53.7. The van der Waals surface area contributed by atoms with E-state index in [9.17, 15) is 32.3 Å². The zero-order chi connectivity index (χ0) is 25.5. The Hall–Kier alpha value is -3.66. The number of hydrogen-bond acceptors (Lipinski definition) is 4. The maximum Gasteiger partial charge on any atom is 0.416 e. The van der Waals surface area contributed by atoms with E-state index in [1.54, 1.807) is 0 Å². The smallest absolute Gasteiger partial charge is 0.416 e. The van der Waals surface area contributed by atoms with Gasteiger partial charge in [0.15, 0.2) is 0 Å². The molecule has 11 heteroatoms. The number of phenols is 1. The second kappa shape index (κ2) is 9.18. The summed E-state index contributed by atoms with van der Waals surface area (Å²) in [5.41, 5.74) is 4.86. The van der Waals surface area contributed by atoms with Crippen LogP contribution < -0.4 is 5.73 Å². The predicted molar refractivity (Wildman–Crippen MR) is 118 cm³/mol. The van der Waals surface area contributed by atoms with E-state index < -0.39 is 46.7 Å². The maximum absolute atomic E-state index is 14.5. The first-order valence-electron chi connectivity index (χ1n) is 10.4. The van der Waals surface area contributed by atoms with E-state index in [1.807, 2.05) is 0 Å². The summed E-state index contributed by atoms with van der Waals surface area (Å²) in [6, 6.07) is 7.00. The lowest BCUT2D eigenvalue weighted by atomic mass is 10.0. The number of primary amides is 1. The normalized spacial score (nSPS) is 15.1. The van der Waals surface area contributed by atoms with Gasteiger partial charge in [0, 0.05) is 23.3 Å². The van der Waals surface area contributed by atoms with Gasteiger partial charge in [-0.1, -0.05) is 17.7 Å². The number of carbonyl (C=O) groups excluding carboxylic acids is 2. The molecule has 6 nitrogen and oxygen atoms in total. The molecule has 1 aliphatic carbocycles. The number of hydrogen-bond donors (Lipinski definition) is 2. The molecular formula is C24H18ClF4N3O3. The quantitative estimate of drug-likeness (QED) is 0.474. The number of halogens is 5. The third-order valence-corrected chi connectivity index (χ3v) is 6.10. The van der Waals surface area contributed by atoms with Crippen molar-refractivity contribution < 1.29 is 32.3 Å². The summed E-state index contributed by atoms with van der Waals surface area (Å²) in [6.07, 6.45) is -2.81. The fourth-order valence-corrected chi connectivity index (χ4v) is 4.50. The molecule has 1 heterocycles. The lowest BCUT2D eigenvalue weighted by Crippen LogP contribution is -2.34. The highest BCUT2D eigenvalue weighted by Crippen LogP contribution is 2.41. The van der Waals surface area contributed by atoms with Crippen molar-refractivity contribution in [3.05, 3.63) is 93.0 Å². The van der Waals surface area contributed by atoms with Crippen LogP contribution in [0.15, 0.2) is 48.7 Å². The van der Waals surface area contributed by atoms with Gasteiger partial charge in [0.25, 0.3) is 11.8 Å². The van der Waals surface area contributed by atoms with Gasteiger partial charge < -0.3 is 15.7 Å². The predicted octanol–water partition coefficient (Wildman–Crippen LogP) is 5.03. The minimum atomic E-state index is -4.72. The van der Waals surface area contributed by atoms with Gasteiger partial charge in [-0.15, -0.1) is 0 Å². The summed E-state index contributed by atoms with van der Waals surface area (Å²) in [5.74, 6) is -3.08. The molecule has 0 saturated heterocycles. The SMILES string of the molecule is NC(=O)c1ncccc1CN(C(=O)c1ccc(C(F)(F)F)cc1O)[C@@H]1CCc2c(F)cc(Cl)cc21. The molecule has 35 heavy (non-hydrogen) atoms. The van der Waals surface area contributed by atoms with E-state index in [2.05, 4.69) is 4.98 Å². The summed E-state index contributed by atoms with van der Waals surface area (Å²) in [4.78, 5) is 30.7. The number of nitrogens with zero attached hydrogens (tertiary/aromatic N) is 2. The van der Waals surface area contributed by atoms with Crippen LogP contribution in [0.4, 0.5) is 17.6 Å². The molecule has 0 aliphatic heterocycles. The topological polar surface area (TPSA) is 96.5 Å². The molecule has 2 amide bonds. The van der Waals surface area contributed by atoms with Crippen molar-refractivity contribution in [3.8, 4) is 5.75 Å². The second-order valence-corrected chi connectivity index (χ2v) is 8.48. The Labute approximate surface area is 201 Å². The summed E-state index contributed by atoms with van der Waals surface area (Å²) in [6.45, 7) is -0.232. The van der Waals surface area contributed by atoms with E-state index in [1.165, 1.54) is 29.3 Å². The number of benzene rings is 2. The van der Waals surface area contributed by atoms with Gasteiger partial charge in [-0.05, 0) is 60.4 Å². The molecule has 0 spiro atoms. The van der Waals surface area contributed by atoms with Crippen LogP contribution in [-0.2, 0) is 19.1 Å². The number of aromatic hydroxyl groups is 1. The van der Waals surface area contributed by atoms with E-state index in [4.69, 9.17) is 17.3 Å². The zero-order valence-electron chi connectivity index (χ0n) is 17.9. The van der Waals surface area contributed by atoms with Crippen LogP contribution in [0.25, 0.3) is 0 Å².